The van der Waals surface area contributed by atoms with Crippen molar-refractivity contribution in [1.82, 2.24) is 5.32 Å². The Hall–Kier alpha value is -2.48. The van der Waals surface area contributed by atoms with Crippen LogP contribution in [0.2, 0.25) is 5.02 Å². The van der Waals surface area contributed by atoms with Gasteiger partial charge in [-0.15, -0.1) is 0 Å². The number of urea groups is 1. The molecule has 2 aromatic rings. The van der Waals surface area contributed by atoms with Crippen LogP contribution in [0, 0.1) is 5.82 Å². The zero-order valence-corrected chi connectivity index (χ0v) is 13.4. The van der Waals surface area contributed by atoms with Gasteiger partial charge in [-0.3, -0.25) is 0 Å². The van der Waals surface area contributed by atoms with Crippen molar-refractivity contribution in [3.8, 4) is 5.75 Å². The van der Waals surface area contributed by atoms with Crippen molar-refractivity contribution in [3.05, 3.63) is 58.9 Å². The fourth-order valence-corrected chi connectivity index (χ4v) is 2.02. The first-order valence-electron chi connectivity index (χ1n) is 7.05. The first-order chi connectivity index (χ1) is 11.8. The van der Waals surface area contributed by atoms with Gasteiger partial charge >= 0.3 is 12.2 Å². The summed E-state index contributed by atoms with van der Waals surface area (Å²) in [5.74, 6) is -0.162. The third kappa shape index (κ3) is 5.82. The van der Waals surface area contributed by atoms with Crippen LogP contribution in [0.15, 0.2) is 42.5 Å². The van der Waals surface area contributed by atoms with Crippen molar-refractivity contribution in [3.63, 3.8) is 0 Å². The van der Waals surface area contributed by atoms with E-state index < -0.39 is 23.6 Å². The van der Waals surface area contributed by atoms with Crippen molar-refractivity contribution in [2.24, 2.45) is 0 Å². The molecule has 9 heteroatoms. The molecule has 0 unspecified atom stereocenters. The molecule has 0 aliphatic heterocycles. The highest BCUT2D eigenvalue weighted by Crippen LogP contribution is 2.33. The number of anilines is 1. The van der Waals surface area contributed by atoms with Crippen LogP contribution in [0.4, 0.5) is 28.0 Å². The number of halogens is 5. The van der Waals surface area contributed by atoms with Crippen LogP contribution >= 0.6 is 11.6 Å². The second-order valence-electron chi connectivity index (χ2n) is 4.88. The summed E-state index contributed by atoms with van der Waals surface area (Å²) in [4.78, 5) is 11.7. The van der Waals surface area contributed by atoms with E-state index in [-0.39, 0.29) is 23.9 Å². The number of alkyl halides is 3. The molecule has 0 bridgehead atoms. The van der Waals surface area contributed by atoms with Gasteiger partial charge in [0.1, 0.15) is 18.2 Å². The first kappa shape index (κ1) is 18.9. The quantitative estimate of drug-likeness (QED) is 0.587. The van der Waals surface area contributed by atoms with Crippen molar-refractivity contribution in [2.75, 3.05) is 18.5 Å². The van der Waals surface area contributed by atoms with E-state index in [1.807, 2.05) is 0 Å². The van der Waals surface area contributed by atoms with Crippen LogP contribution in [-0.4, -0.2) is 19.2 Å². The molecule has 134 valence electrons. The Morgan fingerprint density at radius 1 is 1.16 bits per heavy atom. The number of ether oxygens (including phenoxy) is 1. The molecule has 0 radical (unpaired) electrons. The van der Waals surface area contributed by atoms with Crippen molar-refractivity contribution < 1.29 is 27.1 Å². The normalized spacial score (nSPS) is 11.1. The third-order valence-electron chi connectivity index (χ3n) is 2.99. The van der Waals surface area contributed by atoms with E-state index in [9.17, 15) is 22.4 Å². The highest BCUT2D eigenvalue weighted by Gasteiger charge is 2.31. The largest absolute Gasteiger partial charge is 0.492 e. The molecular weight excluding hydrogens is 364 g/mol. The maximum absolute atomic E-state index is 12.9. The molecule has 0 fully saturated rings. The smallest absolute Gasteiger partial charge is 0.416 e. The average molecular weight is 377 g/mol. The van der Waals surface area contributed by atoms with Gasteiger partial charge in [0.25, 0.3) is 0 Å². The van der Waals surface area contributed by atoms with E-state index in [0.29, 0.717) is 5.75 Å². The van der Waals surface area contributed by atoms with Crippen LogP contribution in [0.5, 0.6) is 5.75 Å². The Kier molecular flexibility index (Phi) is 6.08. The van der Waals surface area contributed by atoms with E-state index in [1.54, 1.807) is 6.07 Å². The van der Waals surface area contributed by atoms with Gasteiger partial charge in [0.15, 0.2) is 0 Å². The van der Waals surface area contributed by atoms with E-state index >= 15 is 0 Å². The Morgan fingerprint density at radius 3 is 2.60 bits per heavy atom. The number of rotatable bonds is 5. The molecule has 25 heavy (non-hydrogen) atoms. The molecule has 0 saturated carbocycles. The molecule has 2 amide bonds. The van der Waals surface area contributed by atoms with Crippen molar-refractivity contribution >= 4 is 23.3 Å². The van der Waals surface area contributed by atoms with Gasteiger partial charge in [-0.1, -0.05) is 17.7 Å². The molecule has 2 N–H and O–H groups in total. The number of carbonyl (C=O) groups excluding carboxylic acids is 1. The number of nitrogens with one attached hydrogen (secondary N) is 2. The zero-order valence-electron chi connectivity index (χ0n) is 12.7. The summed E-state index contributed by atoms with van der Waals surface area (Å²) < 4.78 is 56.1. The van der Waals surface area contributed by atoms with E-state index in [1.165, 1.54) is 18.2 Å². The zero-order chi connectivity index (χ0) is 18.4. The van der Waals surface area contributed by atoms with Gasteiger partial charge in [0.05, 0.1) is 22.8 Å². The van der Waals surface area contributed by atoms with Crippen LogP contribution in [0.25, 0.3) is 0 Å². The number of amides is 2. The van der Waals surface area contributed by atoms with Gasteiger partial charge < -0.3 is 15.4 Å². The number of hydrogen-bond donors (Lipinski definition) is 2. The Balaban J connectivity index is 1.84. The van der Waals surface area contributed by atoms with Gasteiger partial charge in [-0.05, 0) is 30.3 Å². The van der Waals surface area contributed by atoms with E-state index in [4.69, 9.17) is 16.3 Å². The summed E-state index contributed by atoms with van der Waals surface area (Å²) in [5, 5.41) is 4.60. The van der Waals surface area contributed by atoms with Gasteiger partial charge in [0.2, 0.25) is 0 Å². The van der Waals surface area contributed by atoms with E-state index in [2.05, 4.69) is 10.6 Å². The molecule has 2 rings (SSSR count). The fraction of sp³-hybridized carbons (Fsp3) is 0.188. The van der Waals surface area contributed by atoms with Crippen LogP contribution in [-0.2, 0) is 6.18 Å². The molecule has 4 nitrogen and oxygen atoms in total. The predicted octanol–water partition coefficient (Wildman–Crippen LogP) is 4.70. The summed E-state index contributed by atoms with van der Waals surface area (Å²) in [5.41, 5.74) is -1.10. The highest BCUT2D eigenvalue weighted by molar-refractivity contribution is 6.33. The van der Waals surface area contributed by atoms with Crippen molar-refractivity contribution in [1.29, 1.82) is 0 Å². The SMILES string of the molecule is O=C(NCCOc1cccc(F)c1)Nc1cc(C(F)(F)F)ccc1Cl. The Bertz CT molecular complexity index is 753. The molecule has 0 spiro atoms. The summed E-state index contributed by atoms with van der Waals surface area (Å²) in [6, 6.07) is 7.33. The topological polar surface area (TPSA) is 50.4 Å². The number of carbonyl (C=O) groups is 1. The average Bonchev–Trinajstić information content (AvgIpc) is 2.53. The monoisotopic (exact) mass is 376 g/mol. The first-order valence-corrected chi connectivity index (χ1v) is 7.43. The second kappa shape index (κ2) is 8.06. The predicted molar refractivity (Wildman–Crippen MR) is 85.4 cm³/mol. The molecule has 0 aromatic heterocycles. The molecule has 0 aliphatic rings. The summed E-state index contributed by atoms with van der Waals surface area (Å²) in [6.07, 6.45) is -4.55. The lowest BCUT2D eigenvalue weighted by Crippen LogP contribution is -2.32. The summed E-state index contributed by atoms with van der Waals surface area (Å²) >= 11 is 5.78. The minimum absolute atomic E-state index is 0.0286. The maximum atomic E-state index is 12.9. The lowest BCUT2D eigenvalue weighted by Gasteiger charge is -2.12. The second-order valence-corrected chi connectivity index (χ2v) is 5.29. The third-order valence-corrected chi connectivity index (χ3v) is 3.32. The van der Waals surface area contributed by atoms with Crippen molar-refractivity contribution in [2.45, 2.75) is 6.18 Å². The van der Waals surface area contributed by atoms with Crippen LogP contribution < -0.4 is 15.4 Å². The maximum Gasteiger partial charge on any atom is 0.416 e. The lowest BCUT2D eigenvalue weighted by molar-refractivity contribution is -0.137. The summed E-state index contributed by atoms with van der Waals surface area (Å²) in [6.45, 7) is 0.103. The Morgan fingerprint density at radius 2 is 1.92 bits per heavy atom. The molecule has 0 heterocycles. The van der Waals surface area contributed by atoms with Gasteiger partial charge in [-0.2, -0.15) is 13.2 Å². The van der Waals surface area contributed by atoms with Gasteiger partial charge in [-0.25, -0.2) is 9.18 Å². The van der Waals surface area contributed by atoms with Crippen LogP contribution in [0.3, 0.4) is 0 Å². The van der Waals surface area contributed by atoms with Crippen LogP contribution in [0.1, 0.15) is 5.56 Å². The number of hydrogen-bond acceptors (Lipinski definition) is 2. The van der Waals surface area contributed by atoms with Gasteiger partial charge in [0, 0.05) is 6.07 Å². The molecule has 0 saturated heterocycles. The lowest BCUT2D eigenvalue weighted by atomic mass is 10.2. The highest BCUT2D eigenvalue weighted by atomic mass is 35.5. The molecule has 0 atom stereocenters. The summed E-state index contributed by atoms with van der Waals surface area (Å²) in [7, 11) is 0. The molecular formula is C16H13ClF4N2O2. The molecule has 0 aliphatic carbocycles. The standard InChI is InChI=1S/C16H13ClF4N2O2/c17-13-5-4-10(16(19,20)21)8-14(13)23-15(24)22-6-7-25-12-3-1-2-11(18)9-12/h1-5,8-9H,6-7H2,(H2,22,23,24). The Labute approximate surface area is 145 Å². The minimum atomic E-state index is -4.55. The van der Waals surface area contributed by atoms with E-state index in [0.717, 1.165) is 18.2 Å². The number of benzene rings is 2. The molecule has 2 aromatic carbocycles. The minimum Gasteiger partial charge on any atom is -0.492 e. The fourth-order valence-electron chi connectivity index (χ4n) is 1.85.